The van der Waals surface area contributed by atoms with E-state index >= 15 is 0 Å². The summed E-state index contributed by atoms with van der Waals surface area (Å²) in [6.45, 7) is 3.92. The van der Waals surface area contributed by atoms with E-state index in [0.29, 0.717) is 17.0 Å². The van der Waals surface area contributed by atoms with Crippen molar-refractivity contribution in [1.82, 2.24) is 9.47 Å². The number of hydrogen-bond acceptors (Lipinski definition) is 6. The molecule has 1 aliphatic rings. The van der Waals surface area contributed by atoms with E-state index in [0.717, 1.165) is 36.1 Å². The fourth-order valence-corrected chi connectivity index (χ4v) is 5.13. The van der Waals surface area contributed by atoms with Crippen LogP contribution in [0, 0.1) is 12.3 Å². The molecule has 9 heteroatoms. The second-order valence-electron chi connectivity index (χ2n) is 7.02. The van der Waals surface area contributed by atoms with Crippen LogP contribution in [0.25, 0.3) is 10.2 Å². The van der Waals surface area contributed by atoms with Crippen LogP contribution >= 0.6 is 23.1 Å². The average Bonchev–Trinajstić information content (AvgIpc) is 3.10. The van der Waals surface area contributed by atoms with Crippen molar-refractivity contribution < 1.29 is 19.1 Å². The van der Waals surface area contributed by atoms with Gasteiger partial charge in [0.1, 0.15) is 0 Å². The number of carbonyl (C=O) groups is 3. The van der Waals surface area contributed by atoms with Crippen molar-refractivity contribution in [3.8, 4) is 12.3 Å². The minimum atomic E-state index is -0.398. The van der Waals surface area contributed by atoms with Gasteiger partial charge in [0.25, 0.3) is 5.91 Å². The number of terminal acetylenes is 1. The van der Waals surface area contributed by atoms with E-state index in [1.807, 2.05) is 4.90 Å². The third kappa shape index (κ3) is 5.99. The molecule has 1 saturated heterocycles. The lowest BCUT2D eigenvalue weighted by Gasteiger charge is -2.26. The second kappa shape index (κ2) is 11.2. The molecule has 0 atom stereocenters. The molecule has 0 N–H and O–H groups in total. The monoisotopic (exact) mass is 459 g/mol. The van der Waals surface area contributed by atoms with Crippen molar-refractivity contribution in [3.05, 3.63) is 28.6 Å². The summed E-state index contributed by atoms with van der Waals surface area (Å²) in [6, 6.07) is 5.18. The molecule has 164 valence electrons. The van der Waals surface area contributed by atoms with Crippen molar-refractivity contribution in [2.45, 2.75) is 32.7 Å². The third-order valence-electron chi connectivity index (χ3n) is 4.82. The number of rotatable bonds is 7. The summed E-state index contributed by atoms with van der Waals surface area (Å²) in [7, 11) is 0. The molecule has 2 aromatic rings. The first-order chi connectivity index (χ1) is 15.0. The number of nitrogens with zero attached hydrogens (tertiary/aromatic N) is 3. The third-order valence-corrected chi connectivity index (χ3v) is 6.77. The van der Waals surface area contributed by atoms with Crippen LogP contribution in [-0.2, 0) is 20.9 Å². The Kier molecular flexibility index (Phi) is 8.32. The molecule has 0 saturated carbocycles. The second-order valence-corrected chi connectivity index (χ2v) is 9.01. The van der Waals surface area contributed by atoms with Gasteiger partial charge in [-0.3, -0.25) is 9.59 Å². The molecule has 2 heterocycles. The number of esters is 1. The predicted octanol–water partition coefficient (Wildman–Crippen LogP) is 2.69. The molecule has 0 spiro atoms. The maximum Gasteiger partial charge on any atom is 0.338 e. The van der Waals surface area contributed by atoms with Crippen molar-refractivity contribution >= 4 is 51.1 Å². The molecule has 1 aromatic carbocycles. The van der Waals surface area contributed by atoms with E-state index in [2.05, 4.69) is 10.9 Å². The fourth-order valence-electron chi connectivity index (χ4n) is 3.34. The number of aromatic nitrogens is 1. The lowest BCUT2D eigenvalue weighted by atomic mass is 10.1. The number of carbonyl (C=O) groups excluding carboxylic acids is 3. The Labute approximate surface area is 189 Å². The van der Waals surface area contributed by atoms with Gasteiger partial charge in [0.05, 0.1) is 40.4 Å². The number of thiazole rings is 1. The van der Waals surface area contributed by atoms with Gasteiger partial charge in [-0.15, -0.1) is 18.2 Å². The highest BCUT2D eigenvalue weighted by Gasteiger charge is 2.17. The van der Waals surface area contributed by atoms with Gasteiger partial charge in [-0.2, -0.15) is 4.99 Å². The largest absolute Gasteiger partial charge is 0.462 e. The van der Waals surface area contributed by atoms with Crippen molar-refractivity contribution in [2.24, 2.45) is 4.99 Å². The predicted molar refractivity (Wildman–Crippen MR) is 123 cm³/mol. The zero-order valence-corrected chi connectivity index (χ0v) is 19.1. The summed E-state index contributed by atoms with van der Waals surface area (Å²) < 4.78 is 7.61. The molecule has 0 bridgehead atoms. The van der Waals surface area contributed by atoms with Gasteiger partial charge >= 0.3 is 5.97 Å². The molecule has 0 radical (unpaired) electrons. The standard InChI is InChI=1S/C22H25N3O4S2/c1-3-10-25-17-9-8-16(21(28)29-4-2)13-18(17)31-22(25)23-19(26)14-30-15-20(27)24-11-6-5-7-12-24/h1,8-9,13H,4-7,10-12,14-15H2,2H3. The van der Waals surface area contributed by atoms with Gasteiger partial charge in [0.15, 0.2) is 4.80 Å². The van der Waals surface area contributed by atoms with Crippen LogP contribution in [0.5, 0.6) is 0 Å². The van der Waals surface area contributed by atoms with E-state index < -0.39 is 5.97 Å². The van der Waals surface area contributed by atoms with Gasteiger partial charge in [-0.05, 0) is 44.4 Å². The summed E-state index contributed by atoms with van der Waals surface area (Å²) >= 11 is 2.57. The molecule has 0 unspecified atom stereocenters. The minimum Gasteiger partial charge on any atom is -0.462 e. The van der Waals surface area contributed by atoms with Crippen molar-refractivity contribution in [1.29, 1.82) is 0 Å². The SMILES string of the molecule is C#CCn1c(=NC(=O)CSCC(=O)N2CCCCC2)sc2cc(C(=O)OCC)ccc21. The van der Waals surface area contributed by atoms with Gasteiger partial charge < -0.3 is 14.2 Å². The Morgan fingerprint density at radius 1 is 1.23 bits per heavy atom. The Hall–Kier alpha value is -2.57. The normalized spacial score (nSPS) is 14.5. The van der Waals surface area contributed by atoms with E-state index in [-0.39, 0.29) is 29.9 Å². The van der Waals surface area contributed by atoms with Crippen molar-refractivity contribution in [3.63, 3.8) is 0 Å². The molecule has 31 heavy (non-hydrogen) atoms. The fraction of sp³-hybridized carbons (Fsp3) is 0.455. The zero-order chi connectivity index (χ0) is 22.2. The summed E-state index contributed by atoms with van der Waals surface area (Å²) in [5, 5.41) is 0. The van der Waals surface area contributed by atoms with Crippen LogP contribution in [0.4, 0.5) is 0 Å². The topological polar surface area (TPSA) is 81.0 Å². The number of benzene rings is 1. The van der Waals surface area contributed by atoms with Crippen LogP contribution in [0.2, 0.25) is 0 Å². The number of fused-ring (bicyclic) bond motifs is 1. The quantitative estimate of drug-likeness (QED) is 0.470. The van der Waals surface area contributed by atoms with Crippen LogP contribution in [0.1, 0.15) is 36.5 Å². The lowest BCUT2D eigenvalue weighted by Crippen LogP contribution is -2.36. The summed E-state index contributed by atoms with van der Waals surface area (Å²) in [6.07, 6.45) is 8.76. The molecule has 3 rings (SSSR count). The van der Waals surface area contributed by atoms with Crippen LogP contribution in [0.3, 0.4) is 0 Å². The Morgan fingerprint density at radius 3 is 2.71 bits per heavy atom. The first kappa shape index (κ1) is 23.1. The highest BCUT2D eigenvalue weighted by Crippen LogP contribution is 2.20. The van der Waals surface area contributed by atoms with Gasteiger partial charge in [0, 0.05) is 13.1 Å². The van der Waals surface area contributed by atoms with Crippen LogP contribution < -0.4 is 4.80 Å². The smallest absolute Gasteiger partial charge is 0.338 e. The van der Waals surface area contributed by atoms with Gasteiger partial charge in [-0.1, -0.05) is 17.3 Å². The number of likely N-dealkylation sites (tertiary alicyclic amines) is 1. The molecule has 1 fully saturated rings. The summed E-state index contributed by atoms with van der Waals surface area (Å²) in [4.78, 5) is 43.2. The molecular weight excluding hydrogens is 434 g/mol. The number of ether oxygens (including phenoxy) is 1. The highest BCUT2D eigenvalue weighted by atomic mass is 32.2. The maximum atomic E-state index is 12.4. The average molecular weight is 460 g/mol. The van der Waals surface area contributed by atoms with E-state index in [9.17, 15) is 14.4 Å². The number of hydrogen-bond donors (Lipinski definition) is 0. The Balaban J connectivity index is 1.72. The molecule has 2 amide bonds. The first-order valence-corrected chi connectivity index (χ1v) is 12.2. The molecule has 7 nitrogen and oxygen atoms in total. The lowest BCUT2D eigenvalue weighted by molar-refractivity contribution is -0.129. The number of amides is 2. The minimum absolute atomic E-state index is 0.0771. The highest BCUT2D eigenvalue weighted by molar-refractivity contribution is 8.00. The Morgan fingerprint density at radius 2 is 2.00 bits per heavy atom. The first-order valence-electron chi connectivity index (χ1n) is 10.2. The molecule has 1 aliphatic heterocycles. The van der Waals surface area contributed by atoms with Crippen molar-refractivity contribution in [2.75, 3.05) is 31.2 Å². The van der Waals surface area contributed by atoms with E-state index in [4.69, 9.17) is 11.2 Å². The van der Waals surface area contributed by atoms with E-state index in [1.165, 1.54) is 29.5 Å². The molecular formula is C22H25N3O4S2. The summed E-state index contributed by atoms with van der Waals surface area (Å²) in [5.41, 5.74) is 1.24. The zero-order valence-electron chi connectivity index (χ0n) is 17.5. The molecule has 0 aliphatic carbocycles. The van der Waals surface area contributed by atoms with Gasteiger partial charge in [-0.25, -0.2) is 4.79 Å². The number of piperidine rings is 1. The molecule has 1 aromatic heterocycles. The van der Waals surface area contributed by atoms with Crippen LogP contribution in [-0.4, -0.2) is 58.5 Å². The maximum absolute atomic E-state index is 12.4. The van der Waals surface area contributed by atoms with E-state index in [1.54, 1.807) is 29.7 Å². The Bertz CT molecular complexity index is 1070. The van der Waals surface area contributed by atoms with Gasteiger partial charge in [0.2, 0.25) is 5.91 Å². The summed E-state index contributed by atoms with van der Waals surface area (Å²) in [5.74, 6) is 2.34. The number of thioether (sulfide) groups is 1. The van der Waals surface area contributed by atoms with Crippen LogP contribution in [0.15, 0.2) is 23.2 Å².